The van der Waals surface area contributed by atoms with Gasteiger partial charge in [0.2, 0.25) is 0 Å². The Bertz CT molecular complexity index is 286. The molecule has 0 amide bonds. The molecule has 0 aliphatic heterocycles. The number of aliphatic hydroxyl groups is 1. The van der Waals surface area contributed by atoms with Gasteiger partial charge in [0.15, 0.2) is 0 Å². The minimum Gasteiger partial charge on any atom is -0.384 e. The van der Waals surface area contributed by atoms with Gasteiger partial charge in [-0.1, -0.05) is 6.07 Å². The topological polar surface area (TPSA) is 33.1 Å². The van der Waals surface area contributed by atoms with Crippen LogP contribution in [0.5, 0.6) is 0 Å². The molecule has 70 valence electrons. The molecule has 0 radical (unpaired) electrons. The number of rotatable bonds is 3. The molecule has 1 N–H and O–H groups in total. The molecule has 0 bridgehead atoms. The number of thiol groups is 1. The quantitative estimate of drug-likeness (QED) is 0.718. The number of pyridine rings is 1. The van der Waals surface area contributed by atoms with E-state index in [0.717, 1.165) is 18.4 Å². The fraction of sp³-hybridized carbons (Fsp3) is 0.500. The van der Waals surface area contributed by atoms with Crippen molar-refractivity contribution < 1.29 is 5.11 Å². The second-order valence-electron chi connectivity index (χ2n) is 3.60. The Labute approximate surface area is 83.4 Å². The van der Waals surface area contributed by atoms with E-state index in [-0.39, 0.29) is 0 Å². The van der Waals surface area contributed by atoms with Crippen LogP contribution in [-0.2, 0) is 5.60 Å². The Morgan fingerprint density at radius 3 is 2.85 bits per heavy atom. The standard InChI is InChI=1S/C10H13NOS/c12-10(7-13,8-3-4-8)9-2-1-5-11-6-9/h1-2,5-6,8,12-13H,3-4,7H2. The van der Waals surface area contributed by atoms with Crippen molar-refractivity contribution in [2.75, 3.05) is 5.75 Å². The lowest BCUT2D eigenvalue weighted by Crippen LogP contribution is -2.30. The predicted octanol–water partition coefficient (Wildman–Crippen LogP) is 1.61. The third-order valence-electron chi connectivity index (χ3n) is 2.66. The van der Waals surface area contributed by atoms with Gasteiger partial charge in [-0.05, 0) is 24.8 Å². The summed E-state index contributed by atoms with van der Waals surface area (Å²) in [6, 6.07) is 3.77. The molecule has 3 heteroatoms. The maximum Gasteiger partial charge on any atom is 0.103 e. The van der Waals surface area contributed by atoms with Crippen molar-refractivity contribution >= 4 is 12.6 Å². The minimum absolute atomic E-state index is 0.384. The third kappa shape index (κ3) is 1.58. The fourth-order valence-corrected chi connectivity index (χ4v) is 2.08. The van der Waals surface area contributed by atoms with E-state index in [0.29, 0.717) is 11.7 Å². The van der Waals surface area contributed by atoms with Gasteiger partial charge in [-0.15, -0.1) is 0 Å². The first-order valence-electron chi connectivity index (χ1n) is 4.51. The highest BCUT2D eigenvalue weighted by Gasteiger charge is 2.44. The summed E-state index contributed by atoms with van der Waals surface area (Å²) in [5.74, 6) is 0.859. The molecule has 2 nitrogen and oxygen atoms in total. The highest BCUT2D eigenvalue weighted by Crippen LogP contribution is 2.45. The highest BCUT2D eigenvalue weighted by molar-refractivity contribution is 7.80. The lowest BCUT2D eigenvalue weighted by Gasteiger charge is -2.26. The Balaban J connectivity index is 2.30. The Hall–Kier alpha value is -0.540. The number of hydrogen-bond donors (Lipinski definition) is 2. The molecule has 1 aliphatic carbocycles. The van der Waals surface area contributed by atoms with Crippen LogP contribution in [0, 0.1) is 5.92 Å². The summed E-state index contributed by atoms with van der Waals surface area (Å²) < 4.78 is 0. The van der Waals surface area contributed by atoms with Crippen LogP contribution < -0.4 is 0 Å². The Morgan fingerprint density at radius 2 is 2.38 bits per heavy atom. The SMILES string of the molecule is OC(CS)(c1cccnc1)C1CC1. The van der Waals surface area contributed by atoms with E-state index in [1.807, 2.05) is 12.1 Å². The molecule has 1 saturated carbocycles. The zero-order valence-corrected chi connectivity index (χ0v) is 8.24. The van der Waals surface area contributed by atoms with Crippen LogP contribution in [0.1, 0.15) is 18.4 Å². The van der Waals surface area contributed by atoms with E-state index in [9.17, 15) is 5.11 Å². The third-order valence-corrected chi connectivity index (χ3v) is 3.14. The molecule has 0 aromatic carbocycles. The molecule has 1 aromatic heterocycles. The zero-order chi connectivity index (χ0) is 9.31. The van der Waals surface area contributed by atoms with Gasteiger partial charge in [0.25, 0.3) is 0 Å². The van der Waals surface area contributed by atoms with E-state index in [1.165, 1.54) is 0 Å². The van der Waals surface area contributed by atoms with Gasteiger partial charge in [-0.3, -0.25) is 4.98 Å². The molecular formula is C10H13NOS. The number of aromatic nitrogens is 1. The van der Waals surface area contributed by atoms with Crippen LogP contribution in [0.15, 0.2) is 24.5 Å². The lowest BCUT2D eigenvalue weighted by atomic mass is 9.92. The summed E-state index contributed by atoms with van der Waals surface area (Å²) in [5, 5.41) is 10.3. The lowest BCUT2D eigenvalue weighted by molar-refractivity contribution is 0.0384. The molecule has 1 fully saturated rings. The van der Waals surface area contributed by atoms with Crippen LogP contribution in [0.4, 0.5) is 0 Å². The van der Waals surface area contributed by atoms with Crippen LogP contribution in [0.25, 0.3) is 0 Å². The maximum atomic E-state index is 10.3. The second-order valence-corrected chi connectivity index (χ2v) is 3.91. The van der Waals surface area contributed by atoms with Gasteiger partial charge in [0, 0.05) is 23.7 Å². The Morgan fingerprint density at radius 1 is 1.62 bits per heavy atom. The van der Waals surface area contributed by atoms with Crippen molar-refractivity contribution in [1.29, 1.82) is 0 Å². The smallest absolute Gasteiger partial charge is 0.103 e. The summed E-state index contributed by atoms with van der Waals surface area (Å²) in [5.41, 5.74) is 0.143. The first-order chi connectivity index (χ1) is 6.27. The summed E-state index contributed by atoms with van der Waals surface area (Å²) in [7, 11) is 0. The first kappa shape index (κ1) is 9.03. The normalized spacial score (nSPS) is 21.1. The Kier molecular flexibility index (Phi) is 2.30. The molecular weight excluding hydrogens is 182 g/mol. The van der Waals surface area contributed by atoms with Crippen LogP contribution in [-0.4, -0.2) is 15.8 Å². The van der Waals surface area contributed by atoms with Crippen molar-refractivity contribution in [2.45, 2.75) is 18.4 Å². The van der Waals surface area contributed by atoms with Gasteiger partial charge in [-0.25, -0.2) is 0 Å². The molecule has 0 saturated heterocycles. The second kappa shape index (κ2) is 3.31. The molecule has 1 aromatic rings. The van der Waals surface area contributed by atoms with Crippen molar-refractivity contribution in [2.24, 2.45) is 5.92 Å². The van der Waals surface area contributed by atoms with Gasteiger partial charge in [0.05, 0.1) is 0 Å². The fourth-order valence-electron chi connectivity index (χ4n) is 1.64. The summed E-state index contributed by atoms with van der Waals surface area (Å²) in [6.07, 6.45) is 5.65. The van der Waals surface area contributed by atoms with E-state index in [1.54, 1.807) is 12.4 Å². The number of nitrogens with zero attached hydrogens (tertiary/aromatic N) is 1. The molecule has 1 aliphatic rings. The van der Waals surface area contributed by atoms with Crippen molar-refractivity contribution in [3.8, 4) is 0 Å². The van der Waals surface area contributed by atoms with Gasteiger partial charge in [-0.2, -0.15) is 12.6 Å². The van der Waals surface area contributed by atoms with E-state index in [4.69, 9.17) is 0 Å². The average molecular weight is 195 g/mol. The summed E-state index contributed by atoms with van der Waals surface area (Å²) in [6.45, 7) is 0. The minimum atomic E-state index is -0.753. The van der Waals surface area contributed by atoms with Gasteiger partial charge in [0.1, 0.15) is 5.60 Å². The molecule has 13 heavy (non-hydrogen) atoms. The van der Waals surface area contributed by atoms with Crippen molar-refractivity contribution in [3.63, 3.8) is 0 Å². The van der Waals surface area contributed by atoms with E-state index in [2.05, 4.69) is 17.6 Å². The van der Waals surface area contributed by atoms with E-state index >= 15 is 0 Å². The monoisotopic (exact) mass is 195 g/mol. The molecule has 2 rings (SSSR count). The maximum absolute atomic E-state index is 10.3. The average Bonchev–Trinajstić information content (AvgIpc) is 3.02. The summed E-state index contributed by atoms with van der Waals surface area (Å²) >= 11 is 4.21. The van der Waals surface area contributed by atoms with Crippen LogP contribution in [0.2, 0.25) is 0 Å². The summed E-state index contributed by atoms with van der Waals surface area (Å²) in [4.78, 5) is 4.01. The predicted molar refractivity (Wildman–Crippen MR) is 54.7 cm³/mol. The molecule has 0 spiro atoms. The van der Waals surface area contributed by atoms with Gasteiger partial charge < -0.3 is 5.11 Å². The first-order valence-corrected chi connectivity index (χ1v) is 5.14. The van der Waals surface area contributed by atoms with Gasteiger partial charge >= 0.3 is 0 Å². The number of hydrogen-bond acceptors (Lipinski definition) is 3. The molecule has 1 atom stereocenters. The van der Waals surface area contributed by atoms with E-state index < -0.39 is 5.60 Å². The van der Waals surface area contributed by atoms with Crippen LogP contribution in [0.3, 0.4) is 0 Å². The largest absolute Gasteiger partial charge is 0.384 e. The van der Waals surface area contributed by atoms with Crippen LogP contribution >= 0.6 is 12.6 Å². The van der Waals surface area contributed by atoms with Crippen molar-refractivity contribution in [3.05, 3.63) is 30.1 Å². The van der Waals surface area contributed by atoms with Crippen molar-refractivity contribution in [1.82, 2.24) is 4.98 Å². The molecule has 1 heterocycles. The highest BCUT2D eigenvalue weighted by atomic mass is 32.1. The zero-order valence-electron chi connectivity index (χ0n) is 7.35. The molecule has 1 unspecified atom stereocenters.